The maximum atomic E-state index is 12.3. The molecule has 3 rings (SSSR count). The number of hydrogen-bond donors (Lipinski definition) is 2. The highest BCUT2D eigenvalue weighted by atomic mass is 35.5. The van der Waals surface area contributed by atoms with Crippen LogP contribution in [0.25, 0.3) is 0 Å². The van der Waals surface area contributed by atoms with E-state index in [-0.39, 0.29) is 17.3 Å². The first-order chi connectivity index (χ1) is 13.2. The Hall–Kier alpha value is -1.84. The van der Waals surface area contributed by atoms with Crippen molar-refractivity contribution in [3.05, 3.63) is 52.5 Å². The van der Waals surface area contributed by atoms with E-state index in [1.165, 1.54) is 12.1 Å². The molecule has 0 radical (unpaired) electrons. The van der Waals surface area contributed by atoms with Gasteiger partial charge in [-0.3, -0.25) is 9.69 Å². The van der Waals surface area contributed by atoms with Gasteiger partial charge >= 0.3 is 0 Å². The molecule has 7 nitrogen and oxygen atoms in total. The van der Waals surface area contributed by atoms with Gasteiger partial charge < -0.3 is 10.2 Å². The number of nitrogens with one attached hydrogen (secondary N) is 1. The molecule has 0 aliphatic carbocycles. The van der Waals surface area contributed by atoms with Crippen LogP contribution >= 0.6 is 23.2 Å². The minimum atomic E-state index is -3.69. The van der Waals surface area contributed by atoms with Crippen molar-refractivity contribution in [2.45, 2.75) is 4.90 Å². The second-order valence-corrected chi connectivity index (χ2v) is 8.88. The SMILES string of the molecule is NS(=O)(=O)c1ccc(N2CCN(CC(=O)Nc3ccc(Cl)cc3Cl)CC2)cc1. The second-order valence-electron chi connectivity index (χ2n) is 6.47. The molecule has 1 amide bonds. The quantitative estimate of drug-likeness (QED) is 0.740. The Kier molecular flexibility index (Phi) is 6.47. The minimum absolute atomic E-state index is 0.0902. The molecule has 2 aromatic carbocycles. The fourth-order valence-electron chi connectivity index (χ4n) is 2.99. The Morgan fingerprint density at radius 3 is 2.25 bits per heavy atom. The van der Waals surface area contributed by atoms with Crippen molar-refractivity contribution in [1.29, 1.82) is 0 Å². The fraction of sp³-hybridized carbons (Fsp3) is 0.278. The van der Waals surface area contributed by atoms with Crippen LogP contribution in [0.3, 0.4) is 0 Å². The Balaban J connectivity index is 1.51. The molecule has 1 fully saturated rings. The summed E-state index contributed by atoms with van der Waals surface area (Å²) in [4.78, 5) is 16.6. The Labute approximate surface area is 174 Å². The number of anilines is 2. The average molecular weight is 443 g/mol. The number of carbonyl (C=O) groups is 1. The average Bonchev–Trinajstić information content (AvgIpc) is 2.64. The summed E-state index contributed by atoms with van der Waals surface area (Å²) in [6, 6.07) is 11.4. The molecule has 0 spiro atoms. The van der Waals surface area contributed by atoms with Crippen LogP contribution in [0.1, 0.15) is 0 Å². The normalized spacial score (nSPS) is 15.5. The summed E-state index contributed by atoms with van der Waals surface area (Å²) >= 11 is 11.9. The lowest BCUT2D eigenvalue weighted by atomic mass is 10.2. The molecule has 0 atom stereocenters. The van der Waals surface area contributed by atoms with E-state index >= 15 is 0 Å². The van der Waals surface area contributed by atoms with Crippen LogP contribution in [0.15, 0.2) is 47.4 Å². The third-order valence-corrected chi connectivity index (χ3v) is 5.95. The zero-order valence-electron chi connectivity index (χ0n) is 14.9. The summed E-state index contributed by atoms with van der Waals surface area (Å²) in [5.74, 6) is -0.143. The van der Waals surface area contributed by atoms with Crippen LogP contribution < -0.4 is 15.4 Å². The molecule has 1 aliphatic rings. The number of nitrogens with zero attached hydrogens (tertiary/aromatic N) is 2. The lowest BCUT2D eigenvalue weighted by Crippen LogP contribution is -2.48. The molecule has 0 bridgehead atoms. The molecular formula is C18H20Cl2N4O3S. The van der Waals surface area contributed by atoms with E-state index in [0.717, 1.165) is 18.8 Å². The molecule has 1 saturated heterocycles. The van der Waals surface area contributed by atoms with E-state index < -0.39 is 10.0 Å². The van der Waals surface area contributed by atoms with Crippen LogP contribution in [0, 0.1) is 0 Å². The first-order valence-corrected chi connectivity index (χ1v) is 10.9. The van der Waals surface area contributed by atoms with Crippen molar-refractivity contribution in [3.63, 3.8) is 0 Å². The first kappa shape index (κ1) is 20.9. The number of benzene rings is 2. The molecule has 0 saturated carbocycles. The summed E-state index contributed by atoms with van der Waals surface area (Å²) in [5, 5.41) is 8.82. The van der Waals surface area contributed by atoms with Gasteiger partial charge in [0.2, 0.25) is 15.9 Å². The van der Waals surface area contributed by atoms with E-state index in [1.54, 1.807) is 30.3 Å². The monoisotopic (exact) mass is 442 g/mol. The van der Waals surface area contributed by atoms with E-state index in [1.807, 2.05) is 4.90 Å². The Morgan fingerprint density at radius 2 is 1.68 bits per heavy atom. The number of nitrogens with two attached hydrogens (primary N) is 1. The van der Waals surface area contributed by atoms with Gasteiger partial charge in [0.05, 0.1) is 22.2 Å². The molecule has 3 N–H and O–H groups in total. The van der Waals surface area contributed by atoms with E-state index in [9.17, 15) is 13.2 Å². The number of amides is 1. The number of hydrogen-bond acceptors (Lipinski definition) is 5. The number of primary sulfonamides is 1. The van der Waals surface area contributed by atoms with Crippen LogP contribution in [0.4, 0.5) is 11.4 Å². The highest BCUT2D eigenvalue weighted by Crippen LogP contribution is 2.25. The van der Waals surface area contributed by atoms with Crippen LogP contribution in [-0.4, -0.2) is 51.9 Å². The number of sulfonamides is 1. The molecule has 1 aliphatic heterocycles. The lowest BCUT2D eigenvalue weighted by molar-refractivity contribution is -0.117. The van der Waals surface area contributed by atoms with Gasteiger partial charge in [-0.15, -0.1) is 0 Å². The van der Waals surface area contributed by atoms with Crippen LogP contribution in [0.2, 0.25) is 10.0 Å². The summed E-state index contributed by atoms with van der Waals surface area (Å²) in [7, 11) is -3.69. The third-order valence-electron chi connectivity index (χ3n) is 4.48. The van der Waals surface area contributed by atoms with Gasteiger partial charge in [0.15, 0.2) is 0 Å². The van der Waals surface area contributed by atoms with Crippen molar-refractivity contribution < 1.29 is 13.2 Å². The van der Waals surface area contributed by atoms with Gasteiger partial charge in [0, 0.05) is 36.9 Å². The lowest BCUT2D eigenvalue weighted by Gasteiger charge is -2.35. The molecule has 2 aromatic rings. The van der Waals surface area contributed by atoms with Gasteiger partial charge in [0.1, 0.15) is 0 Å². The largest absolute Gasteiger partial charge is 0.369 e. The molecule has 0 unspecified atom stereocenters. The Bertz CT molecular complexity index is 959. The zero-order chi connectivity index (χ0) is 20.3. The van der Waals surface area contributed by atoms with Crippen molar-refractivity contribution in [2.24, 2.45) is 5.14 Å². The van der Waals surface area contributed by atoms with Crippen molar-refractivity contribution in [3.8, 4) is 0 Å². The van der Waals surface area contributed by atoms with Crippen LogP contribution in [0.5, 0.6) is 0 Å². The molecular weight excluding hydrogens is 423 g/mol. The number of halogens is 2. The first-order valence-electron chi connectivity index (χ1n) is 8.57. The van der Waals surface area contributed by atoms with Gasteiger partial charge in [-0.05, 0) is 42.5 Å². The molecule has 0 aromatic heterocycles. The van der Waals surface area contributed by atoms with Gasteiger partial charge in [-0.2, -0.15) is 0 Å². The summed E-state index contributed by atoms with van der Waals surface area (Å²) < 4.78 is 22.7. The molecule has 1 heterocycles. The highest BCUT2D eigenvalue weighted by Gasteiger charge is 2.20. The highest BCUT2D eigenvalue weighted by molar-refractivity contribution is 7.89. The van der Waals surface area contributed by atoms with Crippen molar-refractivity contribution in [2.75, 3.05) is 42.9 Å². The number of rotatable bonds is 5. The molecule has 28 heavy (non-hydrogen) atoms. The topological polar surface area (TPSA) is 95.7 Å². The van der Waals surface area contributed by atoms with E-state index in [0.29, 0.717) is 28.8 Å². The summed E-state index contributed by atoms with van der Waals surface area (Å²) in [6.45, 7) is 3.13. The molecule has 150 valence electrons. The van der Waals surface area contributed by atoms with E-state index in [2.05, 4.69) is 10.2 Å². The van der Waals surface area contributed by atoms with Gasteiger partial charge in [0.25, 0.3) is 0 Å². The minimum Gasteiger partial charge on any atom is -0.369 e. The van der Waals surface area contributed by atoms with Gasteiger partial charge in [-0.1, -0.05) is 23.2 Å². The van der Waals surface area contributed by atoms with Gasteiger partial charge in [-0.25, -0.2) is 13.6 Å². The van der Waals surface area contributed by atoms with Crippen molar-refractivity contribution >= 4 is 50.5 Å². The second kappa shape index (κ2) is 8.67. The Morgan fingerprint density at radius 1 is 1.04 bits per heavy atom. The maximum Gasteiger partial charge on any atom is 0.238 e. The molecule has 10 heteroatoms. The zero-order valence-corrected chi connectivity index (χ0v) is 17.3. The predicted molar refractivity (Wildman–Crippen MR) is 112 cm³/mol. The van der Waals surface area contributed by atoms with E-state index in [4.69, 9.17) is 28.3 Å². The maximum absolute atomic E-state index is 12.3. The number of piperazine rings is 1. The number of carbonyl (C=O) groups excluding carboxylic acids is 1. The fourth-order valence-corrected chi connectivity index (χ4v) is 3.97. The van der Waals surface area contributed by atoms with Crippen LogP contribution in [-0.2, 0) is 14.8 Å². The summed E-state index contributed by atoms with van der Waals surface area (Å²) in [5.41, 5.74) is 1.45. The van der Waals surface area contributed by atoms with Crippen molar-refractivity contribution in [1.82, 2.24) is 4.90 Å². The summed E-state index contributed by atoms with van der Waals surface area (Å²) in [6.07, 6.45) is 0. The smallest absolute Gasteiger partial charge is 0.238 e. The third kappa shape index (κ3) is 5.36. The predicted octanol–water partition coefficient (Wildman–Crippen LogP) is 2.40. The standard InChI is InChI=1S/C18H20Cl2N4O3S/c19-13-1-6-17(16(20)11-13)22-18(25)12-23-7-9-24(10-8-23)14-2-4-15(5-3-14)28(21,26)27/h1-6,11H,7-10,12H2,(H,22,25)(H2,21,26,27).